The van der Waals surface area contributed by atoms with Crippen molar-refractivity contribution in [3.63, 3.8) is 0 Å². The van der Waals surface area contributed by atoms with Crippen molar-refractivity contribution in [2.24, 2.45) is 0 Å². The average Bonchev–Trinajstić information content (AvgIpc) is 2.43. The molecule has 0 aliphatic heterocycles. The van der Waals surface area contributed by atoms with E-state index in [1.165, 1.54) is 23.3 Å². The fraction of sp³-hybridized carbons (Fsp3) is 0.188. The Kier molecular flexibility index (Phi) is 4.75. The van der Waals surface area contributed by atoms with Gasteiger partial charge in [0.05, 0.1) is 12.2 Å². The van der Waals surface area contributed by atoms with Gasteiger partial charge in [0.2, 0.25) is 0 Å². The van der Waals surface area contributed by atoms with E-state index in [2.05, 4.69) is 22.0 Å². The lowest BCUT2D eigenvalue weighted by Crippen LogP contribution is -2.02. The smallest absolute Gasteiger partial charge is 0.144 e. The van der Waals surface area contributed by atoms with Gasteiger partial charge >= 0.3 is 0 Å². The lowest BCUT2D eigenvalue weighted by Gasteiger charge is -2.08. The van der Waals surface area contributed by atoms with Crippen LogP contribution in [0, 0.1) is 24.1 Å². The number of nitriles is 1. The summed E-state index contributed by atoms with van der Waals surface area (Å²) in [6.45, 7) is 2.50. The van der Waals surface area contributed by atoms with Gasteiger partial charge in [0.25, 0.3) is 0 Å². The molecule has 2 aromatic carbocycles. The van der Waals surface area contributed by atoms with Crippen molar-refractivity contribution in [3.8, 4) is 11.8 Å². The van der Waals surface area contributed by atoms with Gasteiger partial charge in [0.15, 0.2) is 0 Å². The molecule has 0 spiro atoms. The van der Waals surface area contributed by atoms with Gasteiger partial charge in [-0.2, -0.15) is 5.26 Å². The van der Waals surface area contributed by atoms with E-state index in [9.17, 15) is 4.39 Å². The Morgan fingerprint density at radius 3 is 2.70 bits per heavy atom. The Labute approximate surface area is 125 Å². The topological polar surface area (TPSA) is 33.0 Å². The summed E-state index contributed by atoms with van der Waals surface area (Å²) in [6, 6.07) is 12.2. The van der Waals surface area contributed by atoms with Crippen LogP contribution in [0.15, 0.2) is 40.9 Å². The van der Waals surface area contributed by atoms with Crippen molar-refractivity contribution in [1.82, 2.24) is 0 Å². The Morgan fingerprint density at radius 1 is 1.25 bits per heavy atom. The highest BCUT2D eigenvalue weighted by Gasteiger charge is 2.04. The molecule has 0 N–H and O–H groups in total. The molecule has 0 aromatic heterocycles. The quantitative estimate of drug-likeness (QED) is 0.831. The maximum Gasteiger partial charge on any atom is 0.144 e. The summed E-state index contributed by atoms with van der Waals surface area (Å²) in [5, 5.41) is 8.65. The molecule has 2 nitrogen and oxygen atoms in total. The third-order valence-corrected chi connectivity index (χ3v) is 3.83. The second kappa shape index (κ2) is 6.53. The first kappa shape index (κ1) is 14.5. The molecule has 20 heavy (non-hydrogen) atoms. The minimum atomic E-state index is -0.551. The highest BCUT2D eigenvalue weighted by Crippen LogP contribution is 2.19. The average molecular weight is 334 g/mol. The van der Waals surface area contributed by atoms with Crippen LogP contribution in [-0.4, -0.2) is 6.61 Å². The van der Waals surface area contributed by atoms with Crippen molar-refractivity contribution in [1.29, 1.82) is 5.26 Å². The molecule has 0 fully saturated rings. The number of nitrogens with zero attached hydrogens (tertiary/aromatic N) is 1. The van der Waals surface area contributed by atoms with Crippen LogP contribution in [0.3, 0.4) is 0 Å². The Balaban J connectivity index is 1.94. The van der Waals surface area contributed by atoms with E-state index >= 15 is 0 Å². The standard InChI is InChI=1S/C16H13BrFNO/c1-11-8-12(2-5-15(11)17)6-7-20-14-4-3-13(10-19)16(18)9-14/h2-5,8-9H,6-7H2,1H3. The molecular weight excluding hydrogens is 321 g/mol. The molecule has 0 heterocycles. The van der Waals surface area contributed by atoms with Gasteiger partial charge in [-0.15, -0.1) is 0 Å². The zero-order chi connectivity index (χ0) is 14.5. The highest BCUT2D eigenvalue weighted by molar-refractivity contribution is 9.10. The molecule has 0 aliphatic carbocycles. The van der Waals surface area contributed by atoms with E-state index in [4.69, 9.17) is 10.00 Å². The molecule has 0 aliphatic rings. The van der Waals surface area contributed by atoms with E-state index in [-0.39, 0.29) is 5.56 Å². The van der Waals surface area contributed by atoms with Crippen LogP contribution in [0.5, 0.6) is 5.75 Å². The summed E-state index contributed by atoms with van der Waals surface area (Å²) < 4.78 is 20.0. The summed E-state index contributed by atoms with van der Waals surface area (Å²) in [7, 11) is 0. The molecule has 0 unspecified atom stereocenters. The SMILES string of the molecule is Cc1cc(CCOc2ccc(C#N)c(F)c2)ccc1Br. The maximum atomic E-state index is 13.4. The molecule has 0 saturated heterocycles. The molecule has 0 amide bonds. The number of benzene rings is 2. The van der Waals surface area contributed by atoms with E-state index in [1.54, 1.807) is 12.1 Å². The predicted octanol–water partition coefficient (Wildman–Crippen LogP) is 4.39. The number of aryl methyl sites for hydroxylation is 1. The number of rotatable bonds is 4. The Bertz CT molecular complexity index is 664. The Hall–Kier alpha value is -1.86. The van der Waals surface area contributed by atoms with E-state index in [0.29, 0.717) is 12.4 Å². The maximum absolute atomic E-state index is 13.4. The van der Waals surface area contributed by atoms with Crippen LogP contribution in [0.25, 0.3) is 0 Å². The number of hydrogen-bond donors (Lipinski definition) is 0. The van der Waals surface area contributed by atoms with E-state index in [1.807, 2.05) is 19.1 Å². The minimum Gasteiger partial charge on any atom is -0.493 e. The van der Waals surface area contributed by atoms with Gasteiger partial charge in [-0.05, 0) is 36.2 Å². The summed E-state index contributed by atoms with van der Waals surface area (Å²) >= 11 is 3.46. The Morgan fingerprint density at radius 2 is 2.05 bits per heavy atom. The molecule has 0 saturated carbocycles. The molecule has 4 heteroatoms. The van der Waals surface area contributed by atoms with Gasteiger partial charge in [-0.1, -0.05) is 28.1 Å². The number of halogens is 2. The lowest BCUT2D eigenvalue weighted by atomic mass is 10.1. The van der Waals surface area contributed by atoms with Crippen LogP contribution in [0.2, 0.25) is 0 Å². The molecule has 0 radical (unpaired) electrons. The third kappa shape index (κ3) is 3.58. The fourth-order valence-corrected chi connectivity index (χ4v) is 2.07. The number of ether oxygens (including phenoxy) is 1. The van der Waals surface area contributed by atoms with Crippen molar-refractivity contribution < 1.29 is 9.13 Å². The van der Waals surface area contributed by atoms with Gasteiger partial charge in [0.1, 0.15) is 17.6 Å². The van der Waals surface area contributed by atoms with Crippen molar-refractivity contribution >= 4 is 15.9 Å². The van der Waals surface area contributed by atoms with Gasteiger partial charge in [-0.25, -0.2) is 4.39 Å². The highest BCUT2D eigenvalue weighted by atomic mass is 79.9. The second-order valence-electron chi connectivity index (χ2n) is 4.44. The first-order valence-corrected chi connectivity index (χ1v) is 6.97. The lowest BCUT2D eigenvalue weighted by molar-refractivity contribution is 0.320. The second-order valence-corrected chi connectivity index (χ2v) is 5.29. The van der Waals surface area contributed by atoms with Crippen LogP contribution in [0.4, 0.5) is 4.39 Å². The van der Waals surface area contributed by atoms with E-state index < -0.39 is 5.82 Å². The molecule has 0 atom stereocenters. The minimum absolute atomic E-state index is 0.0286. The van der Waals surface area contributed by atoms with Crippen LogP contribution < -0.4 is 4.74 Å². The molecule has 0 bridgehead atoms. The zero-order valence-electron chi connectivity index (χ0n) is 11.0. The van der Waals surface area contributed by atoms with Crippen molar-refractivity contribution in [2.45, 2.75) is 13.3 Å². The molecule has 2 rings (SSSR count). The van der Waals surface area contributed by atoms with Gasteiger partial charge < -0.3 is 4.74 Å². The van der Waals surface area contributed by atoms with Gasteiger partial charge in [0, 0.05) is 17.0 Å². The number of hydrogen-bond acceptors (Lipinski definition) is 2. The normalized spacial score (nSPS) is 10.1. The van der Waals surface area contributed by atoms with Crippen molar-refractivity contribution in [3.05, 3.63) is 63.4 Å². The monoisotopic (exact) mass is 333 g/mol. The van der Waals surface area contributed by atoms with Gasteiger partial charge in [-0.3, -0.25) is 0 Å². The largest absolute Gasteiger partial charge is 0.493 e. The molecule has 2 aromatic rings. The molecular formula is C16H13BrFNO. The van der Waals surface area contributed by atoms with Crippen LogP contribution in [0.1, 0.15) is 16.7 Å². The van der Waals surface area contributed by atoms with E-state index in [0.717, 1.165) is 10.9 Å². The molecule has 102 valence electrons. The zero-order valence-corrected chi connectivity index (χ0v) is 12.6. The summed E-state index contributed by atoms with van der Waals surface area (Å²) in [5.74, 6) is -0.111. The fourth-order valence-electron chi connectivity index (χ4n) is 1.83. The summed E-state index contributed by atoms with van der Waals surface area (Å²) in [6.07, 6.45) is 0.746. The first-order chi connectivity index (χ1) is 9.60. The first-order valence-electron chi connectivity index (χ1n) is 6.17. The third-order valence-electron chi connectivity index (χ3n) is 2.94. The van der Waals surface area contributed by atoms with Crippen molar-refractivity contribution in [2.75, 3.05) is 6.61 Å². The summed E-state index contributed by atoms with van der Waals surface area (Å²) in [4.78, 5) is 0. The predicted molar refractivity (Wildman–Crippen MR) is 79.2 cm³/mol. The van der Waals surface area contributed by atoms with Crippen LogP contribution >= 0.6 is 15.9 Å². The van der Waals surface area contributed by atoms with Crippen LogP contribution in [-0.2, 0) is 6.42 Å². The summed E-state index contributed by atoms with van der Waals surface area (Å²) in [5.41, 5.74) is 2.37.